The van der Waals surface area contributed by atoms with Gasteiger partial charge in [-0.2, -0.15) is 0 Å². The molecule has 1 aromatic rings. The first kappa shape index (κ1) is 14.0. The fourth-order valence-electron chi connectivity index (χ4n) is 1.14. The van der Waals surface area contributed by atoms with Gasteiger partial charge < -0.3 is 14.2 Å². The molecule has 0 bridgehead atoms. The Morgan fingerprint density at radius 2 is 2.13 bits per heavy atom. The zero-order valence-corrected chi connectivity index (χ0v) is 10.4. The van der Waals surface area contributed by atoms with Gasteiger partial charge in [0.2, 0.25) is 0 Å². The maximum atomic E-state index is 5.00. The van der Waals surface area contributed by atoms with E-state index in [0.717, 1.165) is 24.7 Å². The van der Waals surface area contributed by atoms with E-state index < -0.39 is 0 Å². The van der Waals surface area contributed by atoms with Crippen molar-refractivity contribution < 1.29 is 9.26 Å². The van der Waals surface area contributed by atoms with E-state index in [0.29, 0.717) is 6.61 Å². The molecule has 0 saturated carbocycles. The Bertz CT molecular complexity index is 248. The molecule has 0 fully saturated rings. The highest BCUT2D eigenvalue weighted by Gasteiger charge is 2.07. The summed E-state index contributed by atoms with van der Waals surface area (Å²) in [5, 5.41) is 3.94. The van der Waals surface area contributed by atoms with Crippen molar-refractivity contribution in [2.45, 2.75) is 27.7 Å². The van der Waals surface area contributed by atoms with Crippen molar-refractivity contribution in [1.29, 1.82) is 0 Å². The molecule has 0 aliphatic heterocycles. The van der Waals surface area contributed by atoms with E-state index in [1.165, 1.54) is 0 Å². The van der Waals surface area contributed by atoms with Crippen LogP contribution in [0.1, 0.15) is 26.5 Å². The fourth-order valence-corrected chi connectivity index (χ4v) is 1.14. The number of nitrogens with zero attached hydrogens (tertiary/aromatic N) is 2. The quantitative estimate of drug-likeness (QED) is 0.754. The molecule has 15 heavy (non-hydrogen) atoms. The van der Waals surface area contributed by atoms with Crippen molar-refractivity contribution in [2.75, 3.05) is 31.7 Å². The SMILES string of the molecule is CC.CCN(CCOC)c1cc(C)on1. The monoisotopic (exact) mass is 214 g/mol. The molecule has 0 amide bonds. The standard InChI is InChI=1S/C9H16N2O2.C2H6/c1-4-11(5-6-12-3)9-7-8(2)13-10-9;1-2/h7H,4-6H2,1-3H3;1-2H3. The predicted octanol–water partition coefficient (Wildman–Crippen LogP) is 2.48. The lowest BCUT2D eigenvalue weighted by Crippen LogP contribution is -2.26. The summed E-state index contributed by atoms with van der Waals surface area (Å²) in [4.78, 5) is 2.11. The molecule has 0 unspecified atom stereocenters. The van der Waals surface area contributed by atoms with E-state index in [-0.39, 0.29) is 0 Å². The van der Waals surface area contributed by atoms with Crippen LogP contribution in [0.2, 0.25) is 0 Å². The number of anilines is 1. The van der Waals surface area contributed by atoms with Gasteiger partial charge in [0.15, 0.2) is 5.82 Å². The molecule has 0 atom stereocenters. The minimum atomic E-state index is 0.708. The Balaban J connectivity index is 0.000000921. The molecule has 1 rings (SSSR count). The third-order valence-electron chi connectivity index (χ3n) is 1.89. The summed E-state index contributed by atoms with van der Waals surface area (Å²) in [6.07, 6.45) is 0. The predicted molar refractivity (Wildman–Crippen MR) is 62.4 cm³/mol. The first-order valence-corrected chi connectivity index (χ1v) is 5.45. The van der Waals surface area contributed by atoms with Crippen molar-refractivity contribution >= 4 is 5.82 Å². The zero-order chi connectivity index (χ0) is 11.7. The summed E-state index contributed by atoms with van der Waals surface area (Å²) in [5.41, 5.74) is 0. The average molecular weight is 214 g/mol. The summed E-state index contributed by atoms with van der Waals surface area (Å²) in [7, 11) is 1.70. The summed E-state index contributed by atoms with van der Waals surface area (Å²) >= 11 is 0. The van der Waals surface area contributed by atoms with Crippen LogP contribution < -0.4 is 4.90 Å². The molecule has 4 nitrogen and oxygen atoms in total. The molecule has 0 aromatic carbocycles. The molecular formula is C11H22N2O2. The molecule has 0 N–H and O–H groups in total. The van der Waals surface area contributed by atoms with E-state index >= 15 is 0 Å². The van der Waals surface area contributed by atoms with Crippen LogP contribution in [0.25, 0.3) is 0 Å². The second-order valence-electron chi connectivity index (χ2n) is 2.87. The third kappa shape index (κ3) is 4.83. The first-order chi connectivity index (χ1) is 7.27. The molecule has 0 aliphatic carbocycles. The van der Waals surface area contributed by atoms with Crippen LogP contribution in [0.3, 0.4) is 0 Å². The molecule has 1 aromatic heterocycles. The minimum absolute atomic E-state index is 0.708. The normalized spacial score (nSPS) is 9.40. The van der Waals surface area contributed by atoms with Crippen molar-refractivity contribution in [1.82, 2.24) is 5.16 Å². The Hall–Kier alpha value is -1.03. The van der Waals surface area contributed by atoms with E-state index in [4.69, 9.17) is 9.26 Å². The zero-order valence-electron chi connectivity index (χ0n) is 10.4. The van der Waals surface area contributed by atoms with Crippen molar-refractivity contribution in [2.24, 2.45) is 0 Å². The highest BCUT2D eigenvalue weighted by atomic mass is 16.5. The lowest BCUT2D eigenvalue weighted by molar-refractivity contribution is 0.205. The number of aromatic nitrogens is 1. The topological polar surface area (TPSA) is 38.5 Å². The van der Waals surface area contributed by atoms with Gasteiger partial charge in [0.25, 0.3) is 0 Å². The van der Waals surface area contributed by atoms with Crippen LogP contribution in [0.15, 0.2) is 10.6 Å². The number of methoxy groups -OCH3 is 1. The largest absolute Gasteiger partial charge is 0.383 e. The lowest BCUT2D eigenvalue weighted by Gasteiger charge is -2.18. The van der Waals surface area contributed by atoms with Gasteiger partial charge in [0, 0.05) is 26.3 Å². The Morgan fingerprint density at radius 1 is 1.47 bits per heavy atom. The van der Waals surface area contributed by atoms with Crippen LogP contribution in [-0.2, 0) is 4.74 Å². The Morgan fingerprint density at radius 3 is 2.53 bits per heavy atom. The van der Waals surface area contributed by atoms with Crippen LogP contribution >= 0.6 is 0 Å². The summed E-state index contributed by atoms with van der Waals surface area (Å²) in [6, 6.07) is 1.93. The third-order valence-corrected chi connectivity index (χ3v) is 1.89. The van der Waals surface area contributed by atoms with Crippen molar-refractivity contribution in [3.05, 3.63) is 11.8 Å². The first-order valence-electron chi connectivity index (χ1n) is 5.45. The smallest absolute Gasteiger partial charge is 0.172 e. The Labute approximate surface area is 92.2 Å². The van der Waals surface area contributed by atoms with Crippen molar-refractivity contribution in [3.63, 3.8) is 0 Å². The van der Waals surface area contributed by atoms with Gasteiger partial charge in [-0.15, -0.1) is 0 Å². The molecule has 0 spiro atoms. The molecule has 1 heterocycles. The van der Waals surface area contributed by atoms with Gasteiger partial charge >= 0.3 is 0 Å². The van der Waals surface area contributed by atoms with Gasteiger partial charge in [0.05, 0.1) is 6.61 Å². The molecule has 88 valence electrons. The van der Waals surface area contributed by atoms with E-state index in [1.54, 1.807) is 7.11 Å². The number of likely N-dealkylation sites (N-methyl/N-ethyl adjacent to an activating group) is 1. The van der Waals surface area contributed by atoms with Gasteiger partial charge in [0.1, 0.15) is 5.76 Å². The van der Waals surface area contributed by atoms with E-state index in [2.05, 4.69) is 17.0 Å². The highest BCUT2D eigenvalue weighted by Crippen LogP contribution is 2.12. The lowest BCUT2D eigenvalue weighted by atomic mass is 10.4. The maximum Gasteiger partial charge on any atom is 0.172 e. The van der Waals surface area contributed by atoms with Crippen LogP contribution in [0.5, 0.6) is 0 Å². The second-order valence-corrected chi connectivity index (χ2v) is 2.87. The van der Waals surface area contributed by atoms with Gasteiger partial charge in [-0.3, -0.25) is 0 Å². The molecule has 0 radical (unpaired) electrons. The molecule has 0 aliphatic rings. The number of ether oxygens (including phenoxy) is 1. The molecular weight excluding hydrogens is 192 g/mol. The van der Waals surface area contributed by atoms with E-state index in [1.807, 2.05) is 26.8 Å². The Kier molecular flexibility index (Phi) is 7.72. The number of rotatable bonds is 5. The van der Waals surface area contributed by atoms with Crippen LogP contribution in [0, 0.1) is 6.92 Å². The number of aryl methyl sites for hydroxylation is 1. The molecule has 4 heteroatoms. The van der Waals surface area contributed by atoms with Gasteiger partial charge in [-0.25, -0.2) is 0 Å². The number of hydrogen-bond donors (Lipinski definition) is 0. The summed E-state index contributed by atoms with van der Waals surface area (Å²) in [6.45, 7) is 10.4. The van der Waals surface area contributed by atoms with Gasteiger partial charge in [-0.05, 0) is 13.8 Å². The van der Waals surface area contributed by atoms with Crippen LogP contribution in [-0.4, -0.2) is 32.0 Å². The highest BCUT2D eigenvalue weighted by molar-refractivity contribution is 5.37. The van der Waals surface area contributed by atoms with Gasteiger partial charge in [-0.1, -0.05) is 19.0 Å². The summed E-state index contributed by atoms with van der Waals surface area (Å²) in [5.74, 6) is 1.72. The van der Waals surface area contributed by atoms with E-state index in [9.17, 15) is 0 Å². The average Bonchev–Trinajstić information content (AvgIpc) is 2.69. The number of hydrogen-bond acceptors (Lipinski definition) is 4. The van der Waals surface area contributed by atoms with Crippen molar-refractivity contribution in [3.8, 4) is 0 Å². The minimum Gasteiger partial charge on any atom is -0.383 e. The summed E-state index contributed by atoms with van der Waals surface area (Å²) < 4.78 is 10.00. The molecule has 0 saturated heterocycles. The fraction of sp³-hybridized carbons (Fsp3) is 0.727. The van der Waals surface area contributed by atoms with Crippen LogP contribution in [0.4, 0.5) is 5.82 Å². The maximum absolute atomic E-state index is 5.00. The second kappa shape index (κ2) is 8.29.